The number of benzene rings is 3. The summed E-state index contributed by atoms with van der Waals surface area (Å²) in [6, 6.07) is 23.6. The molecule has 0 radical (unpaired) electrons. The number of ether oxygens (including phenoxy) is 1. The number of hydrogen-bond acceptors (Lipinski definition) is 4. The van der Waals surface area contributed by atoms with Crippen LogP contribution in [0.1, 0.15) is 23.7 Å². The number of nitrogens with one attached hydrogen (secondary N) is 1. The smallest absolute Gasteiger partial charge is 0.308 e. The van der Waals surface area contributed by atoms with Crippen LogP contribution in [0.3, 0.4) is 0 Å². The normalized spacial score (nSPS) is 17.3. The third kappa shape index (κ3) is 2.88. The Morgan fingerprint density at radius 1 is 0.893 bits per heavy atom. The van der Waals surface area contributed by atoms with E-state index < -0.39 is 11.4 Å². The highest BCUT2D eigenvalue weighted by Crippen LogP contribution is 2.45. The van der Waals surface area contributed by atoms with Gasteiger partial charge in [0.25, 0.3) is 0 Å². The first-order valence-corrected chi connectivity index (χ1v) is 10.0. The molecule has 138 valence electrons. The highest BCUT2D eigenvalue weighted by molar-refractivity contribution is 8.01. The van der Waals surface area contributed by atoms with E-state index in [1.807, 2.05) is 72.8 Å². The van der Waals surface area contributed by atoms with Crippen LogP contribution in [-0.4, -0.2) is 17.1 Å². The highest BCUT2D eigenvalue weighted by Gasteiger charge is 2.34. The molecular formula is C23H17NO3S. The van der Waals surface area contributed by atoms with Crippen molar-refractivity contribution in [1.82, 2.24) is 0 Å². The van der Waals surface area contributed by atoms with E-state index in [0.717, 1.165) is 32.8 Å². The number of carbonyl (C=O) groups excluding carboxylic acids is 2. The molecule has 1 amide bonds. The molecule has 1 atom stereocenters. The largest absolute Gasteiger partial charge is 0.452 e. The van der Waals surface area contributed by atoms with Crippen molar-refractivity contribution in [2.75, 3.05) is 5.32 Å². The van der Waals surface area contributed by atoms with Gasteiger partial charge < -0.3 is 10.1 Å². The lowest BCUT2D eigenvalue weighted by molar-refractivity contribution is -0.148. The Morgan fingerprint density at radius 3 is 2.21 bits per heavy atom. The molecule has 28 heavy (non-hydrogen) atoms. The van der Waals surface area contributed by atoms with Crippen molar-refractivity contribution in [2.45, 2.75) is 22.7 Å². The molecule has 4 nitrogen and oxygen atoms in total. The van der Waals surface area contributed by atoms with Crippen LogP contribution in [-0.2, 0) is 14.3 Å². The van der Waals surface area contributed by atoms with Crippen LogP contribution in [0.4, 0.5) is 5.69 Å². The zero-order valence-corrected chi connectivity index (χ0v) is 15.7. The first-order valence-electron chi connectivity index (χ1n) is 9.15. The van der Waals surface area contributed by atoms with Gasteiger partial charge in [-0.05, 0) is 23.3 Å². The van der Waals surface area contributed by atoms with Gasteiger partial charge in [-0.25, -0.2) is 0 Å². The molecule has 0 spiro atoms. The SMILES string of the molecule is O=C(C[C@H]1Sc2ccccc2NC1=O)OC1c2ccccc2-c2ccccc21. The molecule has 1 aliphatic heterocycles. The van der Waals surface area contributed by atoms with E-state index in [4.69, 9.17) is 4.74 Å². The third-order valence-electron chi connectivity index (χ3n) is 5.08. The van der Waals surface area contributed by atoms with Crippen LogP contribution in [0.5, 0.6) is 0 Å². The van der Waals surface area contributed by atoms with E-state index in [1.54, 1.807) is 0 Å². The van der Waals surface area contributed by atoms with Crippen molar-refractivity contribution in [3.8, 4) is 11.1 Å². The first-order chi connectivity index (χ1) is 13.7. The standard InChI is InChI=1S/C23H17NO3S/c25-21(13-20-23(26)24-18-11-5-6-12-19(18)28-20)27-22-16-9-3-1-7-14(16)15-8-2-4-10-17(15)22/h1-12,20,22H,13H2,(H,24,26)/t20-/m1/s1. The van der Waals surface area contributed by atoms with Crippen LogP contribution in [0, 0.1) is 0 Å². The monoisotopic (exact) mass is 387 g/mol. The molecule has 5 rings (SSSR count). The molecule has 1 heterocycles. The van der Waals surface area contributed by atoms with Crippen molar-refractivity contribution in [1.29, 1.82) is 0 Å². The minimum absolute atomic E-state index is 0.0334. The van der Waals surface area contributed by atoms with Crippen molar-refractivity contribution in [3.63, 3.8) is 0 Å². The molecule has 0 unspecified atom stereocenters. The summed E-state index contributed by atoms with van der Waals surface area (Å²) in [7, 11) is 0. The molecule has 0 bridgehead atoms. The summed E-state index contributed by atoms with van der Waals surface area (Å²) >= 11 is 1.41. The van der Waals surface area contributed by atoms with Gasteiger partial charge in [-0.15, -0.1) is 11.8 Å². The van der Waals surface area contributed by atoms with Crippen LogP contribution >= 0.6 is 11.8 Å². The fourth-order valence-electron chi connectivity index (χ4n) is 3.79. The number of hydrogen-bond donors (Lipinski definition) is 1. The van der Waals surface area contributed by atoms with E-state index in [9.17, 15) is 9.59 Å². The summed E-state index contributed by atoms with van der Waals surface area (Å²) < 4.78 is 5.87. The lowest BCUT2D eigenvalue weighted by Crippen LogP contribution is -2.31. The van der Waals surface area contributed by atoms with Crippen LogP contribution in [0.2, 0.25) is 0 Å². The number of fused-ring (bicyclic) bond motifs is 4. The second kappa shape index (κ2) is 6.84. The summed E-state index contributed by atoms with van der Waals surface area (Å²) in [5, 5.41) is 2.38. The second-order valence-corrected chi connectivity index (χ2v) is 8.08. The van der Waals surface area contributed by atoms with Crippen molar-refractivity contribution in [2.24, 2.45) is 0 Å². The fraction of sp³-hybridized carbons (Fsp3) is 0.130. The number of esters is 1. The van der Waals surface area contributed by atoms with Crippen LogP contribution in [0.25, 0.3) is 11.1 Å². The minimum Gasteiger partial charge on any atom is -0.452 e. The Hall–Kier alpha value is -3.05. The number of para-hydroxylation sites is 1. The predicted molar refractivity (Wildman–Crippen MR) is 109 cm³/mol. The number of amides is 1. The molecule has 0 saturated heterocycles. The Balaban J connectivity index is 1.36. The molecule has 3 aromatic rings. The Labute approximate surface area is 166 Å². The van der Waals surface area contributed by atoms with Gasteiger partial charge in [0.15, 0.2) is 6.10 Å². The average molecular weight is 387 g/mol. The van der Waals surface area contributed by atoms with E-state index in [0.29, 0.717) is 0 Å². The molecule has 0 aromatic heterocycles. The molecule has 1 aliphatic carbocycles. The van der Waals surface area contributed by atoms with E-state index in [2.05, 4.69) is 5.32 Å². The van der Waals surface area contributed by atoms with Crippen LogP contribution < -0.4 is 5.32 Å². The molecule has 0 fully saturated rings. The van der Waals surface area contributed by atoms with Crippen LogP contribution in [0.15, 0.2) is 77.7 Å². The van der Waals surface area contributed by atoms with Gasteiger partial charge in [-0.1, -0.05) is 60.7 Å². The zero-order valence-electron chi connectivity index (χ0n) is 14.9. The van der Waals surface area contributed by atoms with Crippen molar-refractivity contribution >= 4 is 29.3 Å². The maximum atomic E-state index is 12.7. The number of thioether (sulfide) groups is 1. The van der Waals surface area contributed by atoms with E-state index >= 15 is 0 Å². The summed E-state index contributed by atoms with van der Waals surface area (Å²) in [6.45, 7) is 0. The van der Waals surface area contributed by atoms with Gasteiger partial charge in [0.2, 0.25) is 5.91 Å². The Kier molecular flexibility index (Phi) is 4.17. The van der Waals surface area contributed by atoms with E-state index in [-0.39, 0.29) is 18.3 Å². The summed E-state index contributed by atoms with van der Waals surface area (Å²) in [4.78, 5) is 26.1. The fourth-order valence-corrected chi connectivity index (χ4v) is 4.89. The molecule has 3 aromatic carbocycles. The zero-order chi connectivity index (χ0) is 19.1. The highest BCUT2D eigenvalue weighted by atomic mass is 32.2. The van der Waals surface area contributed by atoms with Gasteiger partial charge >= 0.3 is 5.97 Å². The Bertz CT molecular complexity index is 1050. The maximum Gasteiger partial charge on any atom is 0.308 e. The van der Waals surface area contributed by atoms with Crippen molar-refractivity contribution in [3.05, 3.63) is 83.9 Å². The lowest BCUT2D eigenvalue weighted by atomic mass is 10.1. The summed E-state index contributed by atoms with van der Waals surface area (Å²) in [5.41, 5.74) is 4.95. The molecule has 1 N–H and O–H groups in total. The van der Waals surface area contributed by atoms with Gasteiger partial charge in [-0.2, -0.15) is 0 Å². The summed E-state index contributed by atoms with van der Waals surface area (Å²) in [5.74, 6) is -0.531. The topological polar surface area (TPSA) is 55.4 Å². The summed E-state index contributed by atoms with van der Waals surface area (Å²) in [6.07, 6.45) is -0.394. The number of rotatable bonds is 3. The average Bonchev–Trinajstić information content (AvgIpc) is 3.03. The van der Waals surface area contributed by atoms with Gasteiger partial charge in [0, 0.05) is 16.0 Å². The van der Waals surface area contributed by atoms with Gasteiger partial charge in [0.1, 0.15) is 0 Å². The minimum atomic E-state index is -0.491. The first kappa shape index (κ1) is 17.1. The van der Waals surface area contributed by atoms with E-state index in [1.165, 1.54) is 11.8 Å². The second-order valence-electron chi connectivity index (χ2n) is 6.84. The third-order valence-corrected chi connectivity index (χ3v) is 6.36. The molecule has 2 aliphatic rings. The van der Waals surface area contributed by atoms with Gasteiger partial charge in [-0.3, -0.25) is 9.59 Å². The predicted octanol–water partition coefficient (Wildman–Crippen LogP) is 4.80. The van der Waals surface area contributed by atoms with Gasteiger partial charge in [0.05, 0.1) is 17.4 Å². The Morgan fingerprint density at radius 2 is 1.50 bits per heavy atom. The molecular weight excluding hydrogens is 370 g/mol. The quantitative estimate of drug-likeness (QED) is 0.656. The molecule has 0 saturated carbocycles. The molecule has 5 heteroatoms. The number of carbonyl (C=O) groups is 2. The van der Waals surface area contributed by atoms with Crippen molar-refractivity contribution < 1.29 is 14.3 Å². The maximum absolute atomic E-state index is 12.7. The lowest BCUT2D eigenvalue weighted by Gasteiger charge is -2.24. The number of anilines is 1.